The number of benzene rings is 1. The van der Waals surface area contributed by atoms with Crippen molar-refractivity contribution in [1.82, 2.24) is 9.97 Å². The fourth-order valence-corrected chi connectivity index (χ4v) is 2.35. The SMILES string of the molecule is Cc1ccnc2ccc(OCc3nccs3)cc12. The van der Waals surface area contributed by atoms with Gasteiger partial charge in [0.05, 0.1) is 5.52 Å². The van der Waals surface area contributed by atoms with E-state index in [0.29, 0.717) is 6.61 Å². The lowest BCUT2D eigenvalue weighted by Crippen LogP contribution is -1.94. The van der Waals surface area contributed by atoms with Crippen molar-refractivity contribution >= 4 is 22.2 Å². The molecule has 4 heteroatoms. The highest BCUT2D eigenvalue weighted by Gasteiger charge is 2.02. The number of pyridine rings is 1. The van der Waals surface area contributed by atoms with E-state index in [1.165, 1.54) is 5.56 Å². The molecule has 0 N–H and O–H groups in total. The molecule has 0 bridgehead atoms. The zero-order chi connectivity index (χ0) is 12.4. The van der Waals surface area contributed by atoms with Crippen LogP contribution < -0.4 is 4.74 Å². The number of hydrogen-bond acceptors (Lipinski definition) is 4. The van der Waals surface area contributed by atoms with E-state index < -0.39 is 0 Å². The second kappa shape index (κ2) is 4.74. The van der Waals surface area contributed by atoms with Crippen molar-refractivity contribution in [3.8, 4) is 5.75 Å². The maximum Gasteiger partial charge on any atom is 0.140 e. The first kappa shape index (κ1) is 11.2. The number of fused-ring (bicyclic) bond motifs is 1. The summed E-state index contributed by atoms with van der Waals surface area (Å²) in [4.78, 5) is 8.52. The number of aryl methyl sites for hydroxylation is 1. The van der Waals surface area contributed by atoms with Crippen LogP contribution in [0.4, 0.5) is 0 Å². The Labute approximate surface area is 109 Å². The van der Waals surface area contributed by atoms with Gasteiger partial charge in [-0.1, -0.05) is 0 Å². The zero-order valence-corrected chi connectivity index (χ0v) is 10.8. The summed E-state index contributed by atoms with van der Waals surface area (Å²) in [5.41, 5.74) is 2.20. The average molecular weight is 256 g/mol. The Morgan fingerprint density at radius 2 is 2.11 bits per heavy atom. The van der Waals surface area contributed by atoms with Crippen LogP contribution in [0.2, 0.25) is 0 Å². The van der Waals surface area contributed by atoms with Gasteiger partial charge in [-0.3, -0.25) is 4.98 Å². The van der Waals surface area contributed by atoms with E-state index in [1.807, 2.05) is 35.8 Å². The maximum atomic E-state index is 5.73. The van der Waals surface area contributed by atoms with Gasteiger partial charge in [0, 0.05) is 23.2 Å². The fourth-order valence-electron chi connectivity index (χ4n) is 1.82. The van der Waals surface area contributed by atoms with Crippen LogP contribution in [0.5, 0.6) is 5.75 Å². The number of aromatic nitrogens is 2. The molecular formula is C14H12N2OS. The Morgan fingerprint density at radius 3 is 2.94 bits per heavy atom. The molecule has 0 unspecified atom stereocenters. The summed E-state index contributed by atoms with van der Waals surface area (Å²) in [5, 5.41) is 4.07. The molecule has 0 aliphatic carbocycles. The fraction of sp³-hybridized carbons (Fsp3) is 0.143. The summed E-state index contributed by atoms with van der Waals surface area (Å²) in [5.74, 6) is 0.855. The quantitative estimate of drug-likeness (QED) is 0.718. The van der Waals surface area contributed by atoms with Gasteiger partial charge in [-0.05, 0) is 36.8 Å². The molecule has 2 heterocycles. The number of hydrogen-bond donors (Lipinski definition) is 0. The zero-order valence-electron chi connectivity index (χ0n) is 9.96. The minimum absolute atomic E-state index is 0.516. The van der Waals surface area contributed by atoms with Gasteiger partial charge < -0.3 is 4.74 Å². The van der Waals surface area contributed by atoms with E-state index in [1.54, 1.807) is 17.5 Å². The van der Waals surface area contributed by atoms with Crippen LogP contribution in [-0.2, 0) is 6.61 Å². The molecule has 3 rings (SSSR count). The molecule has 0 saturated carbocycles. The maximum absolute atomic E-state index is 5.73. The van der Waals surface area contributed by atoms with Crippen molar-refractivity contribution in [2.24, 2.45) is 0 Å². The number of rotatable bonds is 3. The van der Waals surface area contributed by atoms with Gasteiger partial charge in [-0.25, -0.2) is 4.98 Å². The van der Waals surface area contributed by atoms with Gasteiger partial charge in [0.15, 0.2) is 0 Å². The third-order valence-electron chi connectivity index (χ3n) is 2.78. The first-order valence-electron chi connectivity index (χ1n) is 5.69. The normalized spacial score (nSPS) is 10.7. The molecule has 3 aromatic rings. The largest absolute Gasteiger partial charge is 0.486 e. The van der Waals surface area contributed by atoms with Crippen LogP contribution in [0.1, 0.15) is 10.6 Å². The summed E-state index contributed by atoms with van der Waals surface area (Å²) in [6.07, 6.45) is 3.62. The summed E-state index contributed by atoms with van der Waals surface area (Å²) in [6, 6.07) is 7.97. The minimum Gasteiger partial charge on any atom is -0.486 e. The van der Waals surface area contributed by atoms with Crippen LogP contribution >= 0.6 is 11.3 Å². The lowest BCUT2D eigenvalue weighted by atomic mass is 10.1. The monoisotopic (exact) mass is 256 g/mol. The molecule has 0 atom stereocenters. The van der Waals surface area contributed by atoms with Crippen molar-refractivity contribution in [2.45, 2.75) is 13.5 Å². The average Bonchev–Trinajstić information content (AvgIpc) is 2.90. The Kier molecular flexibility index (Phi) is 2.94. The van der Waals surface area contributed by atoms with Crippen LogP contribution in [0, 0.1) is 6.92 Å². The minimum atomic E-state index is 0.516. The molecule has 0 fully saturated rings. The van der Waals surface area contributed by atoms with Crippen LogP contribution in [0.3, 0.4) is 0 Å². The van der Waals surface area contributed by atoms with Crippen LogP contribution in [-0.4, -0.2) is 9.97 Å². The molecule has 0 saturated heterocycles. The molecule has 1 aromatic carbocycles. The summed E-state index contributed by atoms with van der Waals surface area (Å²) in [7, 11) is 0. The van der Waals surface area contributed by atoms with Gasteiger partial charge in [-0.2, -0.15) is 0 Å². The van der Waals surface area contributed by atoms with Gasteiger partial charge in [0.2, 0.25) is 0 Å². The number of ether oxygens (including phenoxy) is 1. The van der Waals surface area contributed by atoms with Crippen molar-refractivity contribution in [3.05, 3.63) is 52.6 Å². The molecule has 0 aliphatic heterocycles. The van der Waals surface area contributed by atoms with Crippen molar-refractivity contribution < 1.29 is 4.74 Å². The highest BCUT2D eigenvalue weighted by molar-refractivity contribution is 7.09. The Balaban J connectivity index is 1.86. The topological polar surface area (TPSA) is 35.0 Å². The van der Waals surface area contributed by atoms with Gasteiger partial charge in [-0.15, -0.1) is 11.3 Å². The first-order chi connectivity index (χ1) is 8.83. The molecule has 0 aliphatic rings. The van der Waals surface area contributed by atoms with E-state index in [2.05, 4.69) is 16.9 Å². The highest BCUT2D eigenvalue weighted by Crippen LogP contribution is 2.22. The lowest BCUT2D eigenvalue weighted by molar-refractivity contribution is 0.306. The third kappa shape index (κ3) is 2.19. The van der Waals surface area contributed by atoms with Crippen LogP contribution in [0.15, 0.2) is 42.0 Å². The van der Waals surface area contributed by atoms with E-state index in [0.717, 1.165) is 21.7 Å². The number of thiazole rings is 1. The first-order valence-corrected chi connectivity index (χ1v) is 6.57. The summed E-state index contributed by atoms with van der Waals surface area (Å²) >= 11 is 1.60. The summed E-state index contributed by atoms with van der Waals surface area (Å²) in [6.45, 7) is 2.59. The third-order valence-corrected chi connectivity index (χ3v) is 3.53. The van der Waals surface area contributed by atoms with E-state index in [9.17, 15) is 0 Å². The molecular weight excluding hydrogens is 244 g/mol. The standard InChI is InChI=1S/C14H12N2OS/c1-10-4-5-15-13-3-2-11(8-12(10)13)17-9-14-16-6-7-18-14/h2-8H,9H2,1H3. The molecule has 90 valence electrons. The van der Waals surface area contributed by atoms with Gasteiger partial charge in [0.1, 0.15) is 17.4 Å². The van der Waals surface area contributed by atoms with Gasteiger partial charge in [0.25, 0.3) is 0 Å². The van der Waals surface area contributed by atoms with E-state index in [-0.39, 0.29) is 0 Å². The molecule has 18 heavy (non-hydrogen) atoms. The Morgan fingerprint density at radius 1 is 1.17 bits per heavy atom. The predicted molar refractivity (Wildman–Crippen MR) is 72.9 cm³/mol. The second-order valence-electron chi connectivity index (χ2n) is 4.02. The van der Waals surface area contributed by atoms with Crippen LogP contribution in [0.25, 0.3) is 10.9 Å². The highest BCUT2D eigenvalue weighted by atomic mass is 32.1. The molecule has 3 nitrogen and oxygen atoms in total. The molecule has 0 radical (unpaired) electrons. The van der Waals surface area contributed by atoms with E-state index in [4.69, 9.17) is 4.74 Å². The molecule has 2 aromatic heterocycles. The second-order valence-corrected chi connectivity index (χ2v) is 5.00. The summed E-state index contributed by atoms with van der Waals surface area (Å²) < 4.78 is 5.73. The molecule has 0 spiro atoms. The smallest absolute Gasteiger partial charge is 0.140 e. The Bertz CT molecular complexity index is 665. The van der Waals surface area contributed by atoms with Crippen molar-refractivity contribution in [2.75, 3.05) is 0 Å². The van der Waals surface area contributed by atoms with Crippen molar-refractivity contribution in [3.63, 3.8) is 0 Å². The Hall–Kier alpha value is -1.94. The predicted octanol–water partition coefficient (Wildman–Crippen LogP) is 3.58. The van der Waals surface area contributed by atoms with E-state index >= 15 is 0 Å². The molecule has 0 amide bonds. The lowest BCUT2D eigenvalue weighted by Gasteiger charge is -2.06. The van der Waals surface area contributed by atoms with Gasteiger partial charge >= 0.3 is 0 Å². The number of nitrogens with zero attached hydrogens (tertiary/aromatic N) is 2. The van der Waals surface area contributed by atoms with Crippen molar-refractivity contribution in [1.29, 1.82) is 0 Å².